The van der Waals surface area contributed by atoms with E-state index < -0.39 is 0 Å². The predicted molar refractivity (Wildman–Crippen MR) is 88.1 cm³/mol. The molecule has 1 fully saturated rings. The van der Waals surface area contributed by atoms with Gasteiger partial charge in [-0.2, -0.15) is 0 Å². The van der Waals surface area contributed by atoms with Crippen LogP contribution in [0.25, 0.3) is 0 Å². The molecule has 0 aromatic heterocycles. The zero-order chi connectivity index (χ0) is 14.2. The van der Waals surface area contributed by atoms with E-state index in [0.717, 1.165) is 12.5 Å². The van der Waals surface area contributed by atoms with Crippen LogP contribution in [0, 0.1) is 5.92 Å². The SMILES string of the molecule is CCNC(CC1CCCCC1)C(CC)c1ccccc1. The maximum Gasteiger partial charge on any atom is 0.0138 e. The largest absolute Gasteiger partial charge is 0.314 e. The number of rotatable bonds is 7. The summed E-state index contributed by atoms with van der Waals surface area (Å²) in [7, 11) is 0. The summed E-state index contributed by atoms with van der Waals surface area (Å²) in [4.78, 5) is 0. The van der Waals surface area contributed by atoms with E-state index in [1.54, 1.807) is 0 Å². The molecule has 1 nitrogen and oxygen atoms in total. The lowest BCUT2D eigenvalue weighted by atomic mass is 9.79. The highest BCUT2D eigenvalue weighted by Crippen LogP contribution is 2.32. The van der Waals surface area contributed by atoms with E-state index in [2.05, 4.69) is 49.5 Å². The lowest BCUT2D eigenvalue weighted by Gasteiger charge is -2.32. The third-order valence-corrected chi connectivity index (χ3v) is 4.93. The van der Waals surface area contributed by atoms with Crippen molar-refractivity contribution in [3.8, 4) is 0 Å². The van der Waals surface area contributed by atoms with E-state index in [0.29, 0.717) is 12.0 Å². The normalized spacial score (nSPS) is 19.7. The highest BCUT2D eigenvalue weighted by atomic mass is 14.9. The number of benzene rings is 1. The zero-order valence-electron chi connectivity index (χ0n) is 13.3. The summed E-state index contributed by atoms with van der Waals surface area (Å²) < 4.78 is 0. The van der Waals surface area contributed by atoms with Gasteiger partial charge in [0.15, 0.2) is 0 Å². The van der Waals surface area contributed by atoms with Gasteiger partial charge in [0.05, 0.1) is 0 Å². The molecule has 2 unspecified atom stereocenters. The fourth-order valence-corrected chi connectivity index (χ4v) is 3.89. The van der Waals surface area contributed by atoms with Crippen molar-refractivity contribution < 1.29 is 0 Å². The minimum Gasteiger partial charge on any atom is -0.314 e. The minimum atomic E-state index is 0.649. The van der Waals surface area contributed by atoms with Gasteiger partial charge in [-0.1, -0.05) is 76.3 Å². The van der Waals surface area contributed by atoms with E-state index in [-0.39, 0.29) is 0 Å². The van der Waals surface area contributed by atoms with Crippen molar-refractivity contribution in [3.63, 3.8) is 0 Å². The third-order valence-electron chi connectivity index (χ3n) is 4.93. The third kappa shape index (κ3) is 4.34. The molecular formula is C19H31N. The topological polar surface area (TPSA) is 12.0 Å². The Morgan fingerprint density at radius 1 is 1.05 bits per heavy atom. The second-order valence-electron chi connectivity index (χ2n) is 6.33. The van der Waals surface area contributed by atoms with Gasteiger partial charge in [0.1, 0.15) is 0 Å². The van der Waals surface area contributed by atoms with Crippen LogP contribution in [-0.4, -0.2) is 12.6 Å². The first-order chi connectivity index (χ1) is 9.85. The maximum atomic E-state index is 3.78. The van der Waals surface area contributed by atoms with Gasteiger partial charge < -0.3 is 5.32 Å². The van der Waals surface area contributed by atoms with E-state index in [1.165, 1.54) is 50.5 Å². The number of nitrogens with one attached hydrogen (secondary N) is 1. The summed E-state index contributed by atoms with van der Waals surface area (Å²) in [5, 5.41) is 3.78. The van der Waals surface area contributed by atoms with Crippen LogP contribution >= 0.6 is 0 Å². The molecule has 1 aliphatic rings. The van der Waals surface area contributed by atoms with Crippen LogP contribution in [0.2, 0.25) is 0 Å². The molecule has 1 N–H and O–H groups in total. The van der Waals surface area contributed by atoms with Crippen LogP contribution < -0.4 is 5.32 Å². The highest BCUT2D eigenvalue weighted by Gasteiger charge is 2.25. The Morgan fingerprint density at radius 2 is 1.75 bits per heavy atom. The number of hydrogen-bond acceptors (Lipinski definition) is 1. The standard InChI is InChI=1S/C19H31N/c1-3-18(17-13-9-6-10-14-17)19(20-4-2)15-16-11-7-5-8-12-16/h6,9-10,13-14,16,18-20H,3-5,7-8,11-12,15H2,1-2H3. The fraction of sp³-hybridized carbons (Fsp3) is 0.684. The number of likely N-dealkylation sites (N-methyl/N-ethyl adjacent to an activating group) is 1. The molecule has 0 saturated heterocycles. The molecule has 1 aromatic rings. The smallest absolute Gasteiger partial charge is 0.0138 e. The Kier molecular flexibility index (Phi) is 6.59. The second-order valence-corrected chi connectivity index (χ2v) is 6.33. The Morgan fingerprint density at radius 3 is 2.35 bits per heavy atom. The van der Waals surface area contributed by atoms with Gasteiger partial charge in [-0.15, -0.1) is 0 Å². The lowest BCUT2D eigenvalue weighted by Crippen LogP contribution is -2.36. The van der Waals surface area contributed by atoms with Gasteiger partial charge in [-0.25, -0.2) is 0 Å². The van der Waals surface area contributed by atoms with Crippen molar-refractivity contribution in [1.29, 1.82) is 0 Å². The summed E-state index contributed by atoms with van der Waals surface area (Å²) in [6.07, 6.45) is 9.85. The van der Waals surface area contributed by atoms with Crippen molar-refractivity contribution in [1.82, 2.24) is 5.32 Å². The molecule has 1 aliphatic carbocycles. The molecule has 0 radical (unpaired) electrons. The van der Waals surface area contributed by atoms with Gasteiger partial charge in [-0.3, -0.25) is 0 Å². The average molecular weight is 273 g/mol. The molecule has 1 heteroatoms. The Bertz CT molecular complexity index is 353. The van der Waals surface area contributed by atoms with Crippen molar-refractivity contribution >= 4 is 0 Å². The second kappa shape index (κ2) is 8.46. The first kappa shape index (κ1) is 15.6. The summed E-state index contributed by atoms with van der Waals surface area (Å²) >= 11 is 0. The number of hydrogen-bond donors (Lipinski definition) is 1. The highest BCUT2D eigenvalue weighted by molar-refractivity contribution is 5.21. The molecule has 20 heavy (non-hydrogen) atoms. The Hall–Kier alpha value is -0.820. The Labute approximate surface area is 125 Å². The molecule has 0 aliphatic heterocycles. The van der Waals surface area contributed by atoms with Gasteiger partial charge in [0.2, 0.25) is 0 Å². The predicted octanol–water partition coefficient (Wildman–Crippen LogP) is 5.13. The van der Waals surface area contributed by atoms with Gasteiger partial charge in [-0.05, 0) is 36.8 Å². The van der Waals surface area contributed by atoms with E-state index in [9.17, 15) is 0 Å². The molecule has 2 rings (SSSR count). The van der Waals surface area contributed by atoms with Gasteiger partial charge in [0.25, 0.3) is 0 Å². The fourth-order valence-electron chi connectivity index (χ4n) is 3.89. The molecule has 0 amide bonds. The van der Waals surface area contributed by atoms with Crippen molar-refractivity contribution in [2.24, 2.45) is 5.92 Å². The molecule has 1 aromatic carbocycles. The zero-order valence-corrected chi connectivity index (χ0v) is 13.3. The minimum absolute atomic E-state index is 0.649. The summed E-state index contributed by atoms with van der Waals surface area (Å²) in [6, 6.07) is 11.7. The van der Waals surface area contributed by atoms with Crippen LogP contribution in [0.15, 0.2) is 30.3 Å². The van der Waals surface area contributed by atoms with Crippen molar-refractivity contribution in [2.75, 3.05) is 6.54 Å². The van der Waals surface area contributed by atoms with Gasteiger partial charge >= 0.3 is 0 Å². The lowest BCUT2D eigenvalue weighted by molar-refractivity contribution is 0.277. The average Bonchev–Trinajstić information content (AvgIpc) is 2.50. The first-order valence-electron chi connectivity index (χ1n) is 8.63. The first-order valence-corrected chi connectivity index (χ1v) is 8.63. The van der Waals surface area contributed by atoms with E-state index in [1.807, 2.05) is 0 Å². The van der Waals surface area contributed by atoms with Crippen molar-refractivity contribution in [2.45, 2.75) is 70.8 Å². The molecular weight excluding hydrogens is 242 g/mol. The Balaban J connectivity index is 2.04. The van der Waals surface area contributed by atoms with E-state index in [4.69, 9.17) is 0 Å². The van der Waals surface area contributed by atoms with Crippen molar-refractivity contribution in [3.05, 3.63) is 35.9 Å². The van der Waals surface area contributed by atoms with E-state index >= 15 is 0 Å². The molecule has 2 atom stereocenters. The molecule has 112 valence electrons. The quantitative estimate of drug-likeness (QED) is 0.726. The van der Waals surface area contributed by atoms with Gasteiger partial charge in [0, 0.05) is 6.04 Å². The summed E-state index contributed by atoms with van der Waals surface area (Å²) in [5.74, 6) is 1.61. The van der Waals surface area contributed by atoms with Crippen LogP contribution in [-0.2, 0) is 0 Å². The summed E-state index contributed by atoms with van der Waals surface area (Å²) in [5.41, 5.74) is 1.51. The van der Waals surface area contributed by atoms with Crippen LogP contribution in [0.1, 0.15) is 70.3 Å². The molecule has 0 heterocycles. The van der Waals surface area contributed by atoms with Crippen LogP contribution in [0.4, 0.5) is 0 Å². The maximum absolute atomic E-state index is 3.78. The molecule has 0 bridgehead atoms. The molecule has 1 saturated carbocycles. The molecule has 0 spiro atoms. The summed E-state index contributed by atoms with van der Waals surface area (Å²) in [6.45, 7) is 5.66. The monoisotopic (exact) mass is 273 g/mol. The van der Waals surface area contributed by atoms with Crippen LogP contribution in [0.3, 0.4) is 0 Å². The van der Waals surface area contributed by atoms with Crippen LogP contribution in [0.5, 0.6) is 0 Å².